The largest absolute Gasteiger partial charge is 0.339 e. The SMILES string of the molecule is CCC(CC)(c1ccccc1)c1noc(CCCCN)n1. The summed E-state index contributed by atoms with van der Waals surface area (Å²) in [6.45, 7) is 5.07. The Labute approximate surface area is 126 Å². The van der Waals surface area contributed by atoms with Crippen LogP contribution in [-0.4, -0.2) is 16.7 Å². The van der Waals surface area contributed by atoms with Gasteiger partial charge in [-0.15, -0.1) is 0 Å². The summed E-state index contributed by atoms with van der Waals surface area (Å²) < 4.78 is 5.44. The molecular weight excluding hydrogens is 262 g/mol. The average Bonchev–Trinajstić information content (AvgIpc) is 3.00. The average molecular weight is 287 g/mol. The second kappa shape index (κ2) is 7.36. The molecule has 0 bridgehead atoms. The molecule has 1 aromatic heterocycles. The normalized spacial score (nSPS) is 11.8. The highest BCUT2D eigenvalue weighted by Gasteiger charge is 2.35. The lowest BCUT2D eigenvalue weighted by molar-refractivity contribution is 0.351. The number of aromatic nitrogens is 2. The van der Waals surface area contributed by atoms with E-state index in [0.29, 0.717) is 6.54 Å². The van der Waals surface area contributed by atoms with Gasteiger partial charge in [0.2, 0.25) is 5.89 Å². The summed E-state index contributed by atoms with van der Waals surface area (Å²) in [5, 5.41) is 4.27. The van der Waals surface area contributed by atoms with Crippen LogP contribution in [0.1, 0.15) is 56.8 Å². The molecule has 1 aromatic carbocycles. The third kappa shape index (κ3) is 3.32. The van der Waals surface area contributed by atoms with Crippen molar-refractivity contribution in [3.05, 3.63) is 47.6 Å². The number of rotatable bonds is 8. The van der Waals surface area contributed by atoms with Crippen molar-refractivity contribution in [1.29, 1.82) is 0 Å². The predicted octanol–water partition coefficient (Wildman–Crippen LogP) is 3.46. The van der Waals surface area contributed by atoms with Crippen molar-refractivity contribution in [2.45, 2.75) is 51.4 Å². The first-order valence-corrected chi connectivity index (χ1v) is 7.85. The second-order valence-corrected chi connectivity index (χ2v) is 5.41. The summed E-state index contributed by atoms with van der Waals surface area (Å²) in [6, 6.07) is 10.5. The maximum Gasteiger partial charge on any atom is 0.226 e. The monoisotopic (exact) mass is 287 g/mol. The minimum Gasteiger partial charge on any atom is -0.339 e. The molecule has 21 heavy (non-hydrogen) atoms. The van der Waals surface area contributed by atoms with E-state index < -0.39 is 0 Å². The van der Waals surface area contributed by atoms with E-state index in [9.17, 15) is 0 Å². The summed E-state index contributed by atoms with van der Waals surface area (Å²) in [4.78, 5) is 4.65. The van der Waals surface area contributed by atoms with Gasteiger partial charge in [0.05, 0.1) is 5.41 Å². The Balaban J connectivity index is 2.27. The van der Waals surface area contributed by atoms with Gasteiger partial charge in [0.15, 0.2) is 5.82 Å². The topological polar surface area (TPSA) is 64.9 Å². The molecule has 0 radical (unpaired) electrons. The van der Waals surface area contributed by atoms with E-state index in [0.717, 1.165) is 43.8 Å². The Bertz CT molecular complexity index is 532. The van der Waals surface area contributed by atoms with Gasteiger partial charge in [-0.25, -0.2) is 0 Å². The van der Waals surface area contributed by atoms with Crippen molar-refractivity contribution in [2.24, 2.45) is 5.73 Å². The first kappa shape index (κ1) is 15.7. The molecule has 0 saturated heterocycles. The Morgan fingerprint density at radius 1 is 1.10 bits per heavy atom. The molecule has 4 nitrogen and oxygen atoms in total. The predicted molar refractivity (Wildman–Crippen MR) is 84.1 cm³/mol. The van der Waals surface area contributed by atoms with E-state index in [4.69, 9.17) is 10.3 Å². The smallest absolute Gasteiger partial charge is 0.226 e. The van der Waals surface area contributed by atoms with Gasteiger partial charge >= 0.3 is 0 Å². The summed E-state index contributed by atoms with van der Waals surface area (Å²) in [6.07, 6.45) is 4.70. The zero-order valence-corrected chi connectivity index (χ0v) is 13.0. The quantitative estimate of drug-likeness (QED) is 0.755. The molecule has 2 aromatic rings. The lowest BCUT2D eigenvalue weighted by Gasteiger charge is -2.28. The number of aryl methyl sites for hydroxylation is 1. The first-order chi connectivity index (χ1) is 10.3. The highest BCUT2D eigenvalue weighted by Crippen LogP contribution is 2.36. The molecule has 0 spiro atoms. The van der Waals surface area contributed by atoms with E-state index in [1.807, 2.05) is 6.07 Å². The molecule has 0 fully saturated rings. The highest BCUT2D eigenvalue weighted by atomic mass is 16.5. The molecule has 0 amide bonds. The second-order valence-electron chi connectivity index (χ2n) is 5.41. The van der Waals surface area contributed by atoms with Crippen LogP contribution in [-0.2, 0) is 11.8 Å². The maximum atomic E-state index is 5.52. The minimum absolute atomic E-state index is 0.156. The van der Waals surface area contributed by atoms with Gasteiger partial charge in [-0.05, 0) is 37.8 Å². The van der Waals surface area contributed by atoms with Gasteiger partial charge in [-0.2, -0.15) is 4.98 Å². The maximum absolute atomic E-state index is 5.52. The number of benzene rings is 1. The third-order valence-electron chi connectivity index (χ3n) is 4.27. The van der Waals surface area contributed by atoms with Gasteiger partial charge in [0.25, 0.3) is 0 Å². The van der Waals surface area contributed by atoms with E-state index in [1.54, 1.807) is 0 Å². The van der Waals surface area contributed by atoms with Crippen LogP contribution in [0.2, 0.25) is 0 Å². The molecule has 1 heterocycles. The summed E-state index contributed by atoms with van der Waals surface area (Å²) in [7, 11) is 0. The minimum atomic E-state index is -0.156. The molecule has 0 aliphatic carbocycles. The number of hydrogen-bond donors (Lipinski definition) is 1. The van der Waals surface area contributed by atoms with Crippen LogP contribution in [0, 0.1) is 0 Å². The van der Waals surface area contributed by atoms with Crippen LogP contribution < -0.4 is 5.73 Å². The van der Waals surface area contributed by atoms with E-state index in [1.165, 1.54) is 5.56 Å². The molecule has 0 aliphatic heterocycles. The standard InChI is InChI=1S/C17H25N3O/c1-3-17(4-2,14-10-6-5-7-11-14)16-19-15(21-20-16)12-8-9-13-18/h5-7,10-11H,3-4,8-9,12-13,18H2,1-2H3. The molecule has 0 saturated carbocycles. The van der Waals surface area contributed by atoms with Crippen molar-refractivity contribution in [3.63, 3.8) is 0 Å². The Morgan fingerprint density at radius 2 is 1.81 bits per heavy atom. The molecule has 0 unspecified atom stereocenters. The molecule has 114 valence electrons. The van der Waals surface area contributed by atoms with Crippen LogP contribution in [0.5, 0.6) is 0 Å². The number of nitrogens with zero attached hydrogens (tertiary/aromatic N) is 2. The van der Waals surface area contributed by atoms with Crippen molar-refractivity contribution in [1.82, 2.24) is 10.1 Å². The van der Waals surface area contributed by atoms with Gasteiger partial charge in [0, 0.05) is 6.42 Å². The zero-order valence-electron chi connectivity index (χ0n) is 13.0. The Morgan fingerprint density at radius 3 is 2.43 bits per heavy atom. The van der Waals surface area contributed by atoms with E-state index in [2.05, 4.69) is 48.3 Å². The summed E-state index contributed by atoms with van der Waals surface area (Å²) >= 11 is 0. The Hall–Kier alpha value is -1.68. The van der Waals surface area contributed by atoms with Crippen molar-refractivity contribution < 1.29 is 4.52 Å². The number of unbranched alkanes of at least 4 members (excludes halogenated alkanes) is 1. The first-order valence-electron chi connectivity index (χ1n) is 7.85. The van der Waals surface area contributed by atoms with E-state index in [-0.39, 0.29) is 5.41 Å². The van der Waals surface area contributed by atoms with Gasteiger partial charge in [-0.1, -0.05) is 49.3 Å². The van der Waals surface area contributed by atoms with Crippen molar-refractivity contribution >= 4 is 0 Å². The molecule has 4 heteroatoms. The highest BCUT2D eigenvalue weighted by molar-refractivity contribution is 5.32. The third-order valence-corrected chi connectivity index (χ3v) is 4.27. The van der Waals surface area contributed by atoms with Crippen molar-refractivity contribution in [3.8, 4) is 0 Å². The lowest BCUT2D eigenvalue weighted by atomic mass is 9.75. The van der Waals surface area contributed by atoms with E-state index >= 15 is 0 Å². The molecule has 2 rings (SSSR count). The van der Waals surface area contributed by atoms with Crippen LogP contribution in [0.4, 0.5) is 0 Å². The summed E-state index contributed by atoms with van der Waals surface area (Å²) in [5.41, 5.74) is 6.62. The molecule has 0 atom stereocenters. The fourth-order valence-electron chi connectivity index (χ4n) is 2.83. The zero-order chi connectivity index (χ0) is 15.1. The lowest BCUT2D eigenvalue weighted by Crippen LogP contribution is -2.27. The van der Waals surface area contributed by atoms with Gasteiger partial charge < -0.3 is 10.3 Å². The van der Waals surface area contributed by atoms with Gasteiger partial charge in [-0.3, -0.25) is 0 Å². The molecule has 0 aliphatic rings. The Kier molecular flexibility index (Phi) is 5.51. The van der Waals surface area contributed by atoms with Crippen LogP contribution in [0.3, 0.4) is 0 Å². The fourth-order valence-corrected chi connectivity index (χ4v) is 2.83. The number of hydrogen-bond acceptors (Lipinski definition) is 4. The van der Waals surface area contributed by atoms with Crippen molar-refractivity contribution in [2.75, 3.05) is 6.54 Å². The fraction of sp³-hybridized carbons (Fsp3) is 0.529. The van der Waals surface area contributed by atoms with Crippen LogP contribution in [0.25, 0.3) is 0 Å². The van der Waals surface area contributed by atoms with Crippen LogP contribution >= 0.6 is 0 Å². The molecular formula is C17H25N3O. The molecule has 2 N–H and O–H groups in total. The number of nitrogens with two attached hydrogens (primary N) is 1. The van der Waals surface area contributed by atoms with Gasteiger partial charge in [0.1, 0.15) is 0 Å². The summed E-state index contributed by atoms with van der Waals surface area (Å²) in [5.74, 6) is 1.53. The van der Waals surface area contributed by atoms with Crippen LogP contribution in [0.15, 0.2) is 34.9 Å².